The predicted molar refractivity (Wildman–Crippen MR) is 117 cm³/mol. The van der Waals surface area contributed by atoms with E-state index < -0.39 is 0 Å². The van der Waals surface area contributed by atoms with Crippen LogP contribution in [0.1, 0.15) is 86.0 Å². The Kier molecular flexibility index (Phi) is 16.0. The van der Waals surface area contributed by atoms with Crippen LogP contribution in [0, 0.1) is 11.3 Å². The Labute approximate surface area is 178 Å². The molecule has 172 valence electrons. The zero-order valence-electron chi connectivity index (χ0n) is 19.5. The molecule has 0 saturated carbocycles. The Morgan fingerprint density at radius 1 is 0.862 bits per heavy atom. The van der Waals surface area contributed by atoms with Crippen molar-refractivity contribution in [1.82, 2.24) is 4.90 Å². The second-order valence-corrected chi connectivity index (χ2v) is 9.41. The molecule has 0 heterocycles. The first-order chi connectivity index (χ1) is 13.6. The van der Waals surface area contributed by atoms with E-state index in [0.717, 1.165) is 38.6 Å². The van der Waals surface area contributed by atoms with E-state index in [1.165, 1.54) is 0 Å². The third-order valence-corrected chi connectivity index (χ3v) is 4.67. The minimum absolute atomic E-state index is 0.154. The van der Waals surface area contributed by atoms with Crippen LogP contribution < -0.4 is 0 Å². The second-order valence-electron chi connectivity index (χ2n) is 9.41. The lowest BCUT2D eigenvalue weighted by molar-refractivity contribution is -0.144. The van der Waals surface area contributed by atoms with Gasteiger partial charge < -0.3 is 19.5 Å². The lowest BCUT2D eigenvalue weighted by atomic mass is 9.91. The van der Waals surface area contributed by atoms with E-state index in [1.807, 2.05) is 0 Å². The molecule has 0 bridgehead atoms. The molecule has 0 radical (unpaired) electrons. The van der Waals surface area contributed by atoms with Crippen molar-refractivity contribution in [3.05, 3.63) is 0 Å². The Morgan fingerprint density at radius 2 is 1.41 bits per heavy atom. The van der Waals surface area contributed by atoms with Crippen LogP contribution in [0.15, 0.2) is 0 Å². The van der Waals surface area contributed by atoms with Crippen LogP contribution in [-0.2, 0) is 19.1 Å². The normalized spacial score (nSPS) is 11.9. The number of carbonyl (C=O) groups is 2. The highest BCUT2D eigenvalue weighted by atomic mass is 16.5. The zero-order chi connectivity index (χ0) is 22.1. The van der Waals surface area contributed by atoms with Crippen molar-refractivity contribution in [2.45, 2.75) is 86.0 Å². The highest BCUT2D eigenvalue weighted by molar-refractivity contribution is 5.70. The van der Waals surface area contributed by atoms with Crippen molar-refractivity contribution in [1.29, 1.82) is 0 Å². The summed E-state index contributed by atoms with van der Waals surface area (Å²) >= 11 is 0. The summed E-state index contributed by atoms with van der Waals surface area (Å²) in [6.45, 7) is 13.8. The van der Waals surface area contributed by atoms with Gasteiger partial charge in [0.05, 0.1) is 26.1 Å². The quantitative estimate of drug-likeness (QED) is 0.284. The SMILES string of the molecule is CC(C)CCCOC(=O)CCN(CCCCO)CCC(=O)OCCCC(C)(C)C. The summed E-state index contributed by atoms with van der Waals surface area (Å²) in [5.74, 6) is 0.233. The van der Waals surface area contributed by atoms with Crippen molar-refractivity contribution in [3.63, 3.8) is 0 Å². The monoisotopic (exact) mass is 415 g/mol. The number of hydrogen-bond donors (Lipinski definition) is 1. The lowest BCUT2D eigenvalue weighted by Crippen LogP contribution is -2.31. The van der Waals surface area contributed by atoms with Crippen molar-refractivity contribution in [3.8, 4) is 0 Å². The van der Waals surface area contributed by atoms with Gasteiger partial charge in [0.15, 0.2) is 0 Å². The molecule has 0 aromatic rings. The molecule has 0 aromatic carbocycles. The minimum atomic E-state index is -0.192. The molecule has 0 aliphatic rings. The van der Waals surface area contributed by atoms with Gasteiger partial charge in [-0.05, 0) is 56.4 Å². The zero-order valence-corrected chi connectivity index (χ0v) is 19.5. The molecule has 29 heavy (non-hydrogen) atoms. The summed E-state index contributed by atoms with van der Waals surface area (Å²) in [4.78, 5) is 26.0. The third-order valence-electron chi connectivity index (χ3n) is 4.67. The molecular weight excluding hydrogens is 370 g/mol. The van der Waals surface area contributed by atoms with Crippen LogP contribution in [0.5, 0.6) is 0 Å². The average Bonchev–Trinajstić information content (AvgIpc) is 2.63. The Hall–Kier alpha value is -1.14. The number of rotatable bonds is 17. The molecule has 6 nitrogen and oxygen atoms in total. The molecule has 0 fully saturated rings. The third kappa shape index (κ3) is 19.9. The van der Waals surface area contributed by atoms with Crippen LogP contribution in [0.4, 0.5) is 0 Å². The van der Waals surface area contributed by atoms with Crippen molar-refractivity contribution in [2.75, 3.05) is 39.5 Å². The fraction of sp³-hybridized carbons (Fsp3) is 0.913. The van der Waals surface area contributed by atoms with Crippen LogP contribution in [-0.4, -0.2) is 61.4 Å². The molecule has 0 aliphatic heterocycles. The van der Waals surface area contributed by atoms with Gasteiger partial charge in [-0.15, -0.1) is 0 Å². The summed E-state index contributed by atoms with van der Waals surface area (Å²) in [7, 11) is 0. The first kappa shape index (κ1) is 27.9. The average molecular weight is 416 g/mol. The molecular formula is C23H45NO5. The number of ether oxygens (including phenoxy) is 2. The molecule has 0 saturated heterocycles. The van der Waals surface area contributed by atoms with Gasteiger partial charge in [-0.2, -0.15) is 0 Å². The van der Waals surface area contributed by atoms with E-state index in [2.05, 4.69) is 39.5 Å². The van der Waals surface area contributed by atoms with Crippen molar-refractivity contribution < 1.29 is 24.2 Å². The largest absolute Gasteiger partial charge is 0.466 e. The number of unbranched alkanes of at least 4 members (excludes halogenated alkanes) is 1. The number of aliphatic hydroxyl groups excluding tert-OH is 1. The van der Waals surface area contributed by atoms with Gasteiger partial charge in [0, 0.05) is 19.7 Å². The number of carbonyl (C=O) groups excluding carboxylic acids is 2. The first-order valence-corrected chi connectivity index (χ1v) is 11.3. The second kappa shape index (κ2) is 16.6. The number of hydrogen-bond acceptors (Lipinski definition) is 6. The summed E-state index contributed by atoms with van der Waals surface area (Å²) in [5.41, 5.74) is 0.249. The van der Waals surface area contributed by atoms with Crippen molar-refractivity contribution >= 4 is 11.9 Å². The van der Waals surface area contributed by atoms with Gasteiger partial charge in [0.1, 0.15) is 0 Å². The van der Waals surface area contributed by atoms with E-state index in [-0.39, 0.29) is 24.0 Å². The smallest absolute Gasteiger partial charge is 0.307 e. The van der Waals surface area contributed by atoms with E-state index in [1.54, 1.807) is 0 Å². The molecule has 0 amide bonds. The molecule has 0 aliphatic carbocycles. The van der Waals surface area contributed by atoms with E-state index in [4.69, 9.17) is 14.6 Å². The predicted octanol–water partition coefficient (Wildman–Crippen LogP) is 4.19. The Bertz CT molecular complexity index is 431. The molecule has 0 spiro atoms. The standard InChI is InChI=1S/C23H45NO5/c1-20(2)10-8-18-28-21(26)11-15-24(14-6-7-17-25)16-12-22(27)29-19-9-13-23(3,4)5/h20,25H,6-19H2,1-5H3. The maximum atomic E-state index is 12.0. The number of aliphatic hydroxyl groups is 1. The van der Waals surface area contributed by atoms with Gasteiger partial charge in [-0.1, -0.05) is 34.6 Å². The summed E-state index contributed by atoms with van der Waals surface area (Å²) in [5, 5.41) is 8.99. The number of nitrogens with zero attached hydrogens (tertiary/aromatic N) is 1. The topological polar surface area (TPSA) is 76.1 Å². The fourth-order valence-electron chi connectivity index (χ4n) is 2.89. The van der Waals surface area contributed by atoms with Crippen LogP contribution in [0.3, 0.4) is 0 Å². The maximum Gasteiger partial charge on any atom is 0.307 e. The van der Waals surface area contributed by atoms with Gasteiger partial charge in [-0.3, -0.25) is 9.59 Å². The van der Waals surface area contributed by atoms with Gasteiger partial charge in [0.25, 0.3) is 0 Å². The highest BCUT2D eigenvalue weighted by Crippen LogP contribution is 2.20. The molecule has 0 rings (SSSR count). The summed E-state index contributed by atoms with van der Waals surface area (Å²) in [6.07, 6.45) is 6.03. The van der Waals surface area contributed by atoms with Crippen molar-refractivity contribution in [2.24, 2.45) is 11.3 Å². The van der Waals surface area contributed by atoms with E-state index in [0.29, 0.717) is 51.5 Å². The van der Waals surface area contributed by atoms with Crippen LogP contribution in [0.2, 0.25) is 0 Å². The summed E-state index contributed by atoms with van der Waals surface area (Å²) in [6, 6.07) is 0. The van der Waals surface area contributed by atoms with E-state index >= 15 is 0 Å². The molecule has 0 atom stereocenters. The summed E-state index contributed by atoms with van der Waals surface area (Å²) < 4.78 is 10.6. The number of esters is 2. The van der Waals surface area contributed by atoms with Crippen LogP contribution in [0.25, 0.3) is 0 Å². The molecule has 6 heteroatoms. The molecule has 1 N–H and O–H groups in total. The van der Waals surface area contributed by atoms with E-state index in [9.17, 15) is 9.59 Å². The lowest BCUT2D eigenvalue weighted by Gasteiger charge is -2.21. The molecule has 0 unspecified atom stereocenters. The van der Waals surface area contributed by atoms with Gasteiger partial charge >= 0.3 is 11.9 Å². The van der Waals surface area contributed by atoms with Gasteiger partial charge in [0.2, 0.25) is 0 Å². The fourth-order valence-corrected chi connectivity index (χ4v) is 2.89. The highest BCUT2D eigenvalue weighted by Gasteiger charge is 2.13. The van der Waals surface area contributed by atoms with Crippen LogP contribution >= 0.6 is 0 Å². The Balaban J connectivity index is 4.13. The maximum absolute atomic E-state index is 12.0. The Morgan fingerprint density at radius 3 is 1.90 bits per heavy atom. The molecule has 0 aromatic heterocycles. The first-order valence-electron chi connectivity index (χ1n) is 11.3. The van der Waals surface area contributed by atoms with Gasteiger partial charge in [-0.25, -0.2) is 0 Å². The minimum Gasteiger partial charge on any atom is -0.466 e.